The first kappa shape index (κ1) is 27.1. The van der Waals surface area contributed by atoms with Crippen molar-refractivity contribution in [1.82, 2.24) is 10.2 Å². The normalized spacial score (nSPS) is 14.8. The number of hydrogen-bond donors (Lipinski definition) is 1. The number of carbonyl (C=O) groups excluding carboxylic acids is 1. The molecule has 0 saturated carbocycles. The second kappa shape index (κ2) is 12.6. The Hall–Kier alpha value is -3.91. The summed E-state index contributed by atoms with van der Waals surface area (Å²) >= 11 is 0. The summed E-state index contributed by atoms with van der Waals surface area (Å²) in [6.45, 7) is 1.34. The van der Waals surface area contributed by atoms with E-state index >= 15 is 0 Å². The molecule has 0 aromatic heterocycles. The van der Waals surface area contributed by atoms with Crippen molar-refractivity contribution in [2.45, 2.75) is 25.4 Å². The molecule has 0 spiro atoms. The zero-order valence-corrected chi connectivity index (χ0v) is 22.7. The summed E-state index contributed by atoms with van der Waals surface area (Å²) in [6, 6.07) is 17.4. The van der Waals surface area contributed by atoms with Gasteiger partial charge in [0.2, 0.25) is 5.91 Å². The van der Waals surface area contributed by atoms with Gasteiger partial charge in [-0.1, -0.05) is 24.3 Å². The fourth-order valence-corrected chi connectivity index (χ4v) is 5.14. The summed E-state index contributed by atoms with van der Waals surface area (Å²) in [4.78, 5) is 15.4. The summed E-state index contributed by atoms with van der Waals surface area (Å²) in [5, 5.41) is 3.06. The van der Waals surface area contributed by atoms with E-state index in [0.717, 1.165) is 45.9 Å². The van der Waals surface area contributed by atoms with Crippen molar-refractivity contribution in [2.75, 3.05) is 48.6 Å². The van der Waals surface area contributed by atoms with E-state index in [9.17, 15) is 4.79 Å². The lowest BCUT2D eigenvalue weighted by molar-refractivity contribution is -0.123. The van der Waals surface area contributed by atoms with Gasteiger partial charge in [-0.15, -0.1) is 0 Å². The van der Waals surface area contributed by atoms with Crippen molar-refractivity contribution in [1.29, 1.82) is 0 Å². The molecule has 0 saturated heterocycles. The molecular weight excluding hydrogens is 484 g/mol. The lowest BCUT2D eigenvalue weighted by Crippen LogP contribution is -2.43. The minimum absolute atomic E-state index is 0.0569. The number of carbonyl (C=O) groups is 1. The van der Waals surface area contributed by atoms with Gasteiger partial charge in [0.25, 0.3) is 0 Å². The van der Waals surface area contributed by atoms with Crippen LogP contribution in [0.1, 0.15) is 28.3 Å². The molecule has 1 atom stereocenters. The molecule has 3 aromatic rings. The smallest absolute Gasteiger partial charge is 0.234 e. The fraction of sp³-hybridized carbons (Fsp3) is 0.367. The van der Waals surface area contributed by atoms with Crippen LogP contribution in [0.3, 0.4) is 0 Å². The monoisotopic (exact) mass is 520 g/mol. The highest BCUT2D eigenvalue weighted by Crippen LogP contribution is 2.43. The lowest BCUT2D eigenvalue weighted by atomic mass is 9.87. The van der Waals surface area contributed by atoms with E-state index in [1.807, 2.05) is 54.6 Å². The molecule has 0 fully saturated rings. The van der Waals surface area contributed by atoms with Crippen LogP contribution in [-0.4, -0.2) is 59.4 Å². The zero-order chi connectivity index (χ0) is 27.1. The second-order valence-electron chi connectivity index (χ2n) is 9.08. The maximum absolute atomic E-state index is 13.2. The van der Waals surface area contributed by atoms with Crippen LogP contribution in [0.25, 0.3) is 0 Å². The van der Waals surface area contributed by atoms with Gasteiger partial charge < -0.3 is 29.0 Å². The first-order valence-electron chi connectivity index (χ1n) is 12.6. The van der Waals surface area contributed by atoms with Crippen LogP contribution in [0.15, 0.2) is 54.6 Å². The number of nitrogens with zero attached hydrogens (tertiary/aromatic N) is 1. The average molecular weight is 521 g/mol. The van der Waals surface area contributed by atoms with E-state index in [2.05, 4.69) is 10.2 Å². The van der Waals surface area contributed by atoms with Gasteiger partial charge in [0.05, 0.1) is 42.1 Å². The third kappa shape index (κ3) is 5.81. The summed E-state index contributed by atoms with van der Waals surface area (Å²) in [7, 11) is 8.24. The lowest BCUT2D eigenvalue weighted by Gasteiger charge is -2.38. The van der Waals surface area contributed by atoms with E-state index in [1.54, 1.807) is 35.5 Å². The van der Waals surface area contributed by atoms with Crippen LogP contribution in [0.2, 0.25) is 0 Å². The van der Waals surface area contributed by atoms with Gasteiger partial charge in [-0.05, 0) is 48.7 Å². The molecule has 1 heterocycles. The molecule has 0 bridgehead atoms. The van der Waals surface area contributed by atoms with Gasteiger partial charge in [0.1, 0.15) is 17.2 Å². The Kier molecular flexibility index (Phi) is 8.97. The molecule has 1 N–H and O–H groups in total. The maximum Gasteiger partial charge on any atom is 0.234 e. The van der Waals surface area contributed by atoms with Gasteiger partial charge in [-0.2, -0.15) is 0 Å². The quantitative estimate of drug-likeness (QED) is 0.406. The highest BCUT2D eigenvalue weighted by atomic mass is 16.5. The summed E-state index contributed by atoms with van der Waals surface area (Å²) in [6.07, 6.45) is 1.40. The summed E-state index contributed by atoms with van der Waals surface area (Å²) in [5.74, 6) is 3.65. The SMILES string of the molecule is COc1ccccc1CNC(=O)CN1CCc2c(OC)ccc(OC)c2C1Cc1ccc(OC)c(OC)c1. The Labute approximate surface area is 224 Å². The van der Waals surface area contributed by atoms with E-state index in [0.29, 0.717) is 31.0 Å². The number of benzene rings is 3. The fourth-order valence-electron chi connectivity index (χ4n) is 5.14. The first-order valence-corrected chi connectivity index (χ1v) is 12.6. The predicted molar refractivity (Wildman–Crippen MR) is 146 cm³/mol. The molecule has 8 heteroatoms. The molecule has 38 heavy (non-hydrogen) atoms. The number of nitrogens with one attached hydrogen (secondary N) is 1. The third-order valence-electron chi connectivity index (χ3n) is 7.03. The van der Waals surface area contributed by atoms with Crippen molar-refractivity contribution < 1.29 is 28.5 Å². The number of ether oxygens (including phenoxy) is 5. The van der Waals surface area contributed by atoms with Crippen molar-refractivity contribution >= 4 is 5.91 Å². The largest absolute Gasteiger partial charge is 0.496 e. The summed E-state index contributed by atoms with van der Waals surface area (Å²) in [5.41, 5.74) is 4.15. The van der Waals surface area contributed by atoms with Crippen molar-refractivity contribution in [3.05, 3.63) is 76.9 Å². The number of para-hydroxylation sites is 1. The predicted octanol–water partition coefficient (Wildman–Crippen LogP) is 4.19. The number of methoxy groups -OCH3 is 5. The van der Waals surface area contributed by atoms with E-state index in [1.165, 1.54) is 0 Å². The summed E-state index contributed by atoms with van der Waals surface area (Å²) < 4.78 is 27.9. The number of rotatable bonds is 11. The number of amides is 1. The Balaban J connectivity index is 1.63. The number of hydrogen-bond acceptors (Lipinski definition) is 7. The van der Waals surface area contributed by atoms with Gasteiger partial charge in [0.15, 0.2) is 11.5 Å². The zero-order valence-electron chi connectivity index (χ0n) is 22.7. The molecule has 0 radical (unpaired) electrons. The molecular formula is C30H36N2O6. The molecule has 8 nitrogen and oxygen atoms in total. The topological polar surface area (TPSA) is 78.5 Å². The Morgan fingerprint density at radius 2 is 1.47 bits per heavy atom. The Morgan fingerprint density at radius 1 is 0.816 bits per heavy atom. The van der Waals surface area contributed by atoms with Crippen LogP contribution >= 0.6 is 0 Å². The molecule has 202 valence electrons. The molecule has 1 unspecified atom stereocenters. The van der Waals surface area contributed by atoms with Crippen molar-refractivity contribution in [2.24, 2.45) is 0 Å². The standard InChI is InChI=1S/C30H36N2O6/c1-34-24-9-7-6-8-21(24)18-31-29(33)19-32-15-14-22-25(35-2)12-13-27(37-4)30(22)23(32)16-20-10-11-26(36-3)28(17-20)38-5/h6-13,17,23H,14-16,18-19H2,1-5H3,(H,31,33). The van der Waals surface area contributed by atoms with Crippen LogP contribution in [0.5, 0.6) is 28.7 Å². The highest BCUT2D eigenvalue weighted by Gasteiger charge is 2.33. The van der Waals surface area contributed by atoms with Gasteiger partial charge in [-0.3, -0.25) is 9.69 Å². The molecule has 1 amide bonds. The second-order valence-corrected chi connectivity index (χ2v) is 9.08. The van der Waals surface area contributed by atoms with Crippen molar-refractivity contribution in [3.8, 4) is 28.7 Å². The first-order chi connectivity index (χ1) is 18.5. The molecule has 1 aliphatic rings. The van der Waals surface area contributed by atoms with Gasteiger partial charge in [-0.25, -0.2) is 0 Å². The highest BCUT2D eigenvalue weighted by molar-refractivity contribution is 5.78. The molecule has 1 aliphatic heterocycles. The minimum Gasteiger partial charge on any atom is -0.496 e. The van der Waals surface area contributed by atoms with Crippen LogP contribution < -0.4 is 29.0 Å². The van der Waals surface area contributed by atoms with E-state index in [-0.39, 0.29) is 18.5 Å². The van der Waals surface area contributed by atoms with Gasteiger partial charge in [0, 0.05) is 35.8 Å². The Bertz CT molecular complexity index is 1260. The van der Waals surface area contributed by atoms with Crippen LogP contribution in [0.4, 0.5) is 0 Å². The minimum atomic E-state index is -0.112. The van der Waals surface area contributed by atoms with Crippen LogP contribution in [-0.2, 0) is 24.2 Å². The molecule has 0 aliphatic carbocycles. The van der Waals surface area contributed by atoms with Crippen LogP contribution in [0, 0.1) is 0 Å². The van der Waals surface area contributed by atoms with E-state index < -0.39 is 0 Å². The maximum atomic E-state index is 13.2. The van der Waals surface area contributed by atoms with Crippen molar-refractivity contribution in [3.63, 3.8) is 0 Å². The average Bonchev–Trinajstić information content (AvgIpc) is 2.96. The Morgan fingerprint density at radius 3 is 2.18 bits per heavy atom. The van der Waals surface area contributed by atoms with E-state index in [4.69, 9.17) is 23.7 Å². The molecule has 4 rings (SSSR count). The number of fused-ring (bicyclic) bond motifs is 1. The third-order valence-corrected chi connectivity index (χ3v) is 7.03. The van der Waals surface area contributed by atoms with Gasteiger partial charge >= 0.3 is 0 Å². The molecule has 3 aromatic carbocycles.